The fraction of sp³-hybridized carbons (Fsp3) is 0.227. The van der Waals surface area contributed by atoms with E-state index in [0.29, 0.717) is 5.82 Å². The quantitative estimate of drug-likeness (QED) is 0.534. The fourth-order valence-electron chi connectivity index (χ4n) is 3.36. The smallest absolute Gasteiger partial charge is 0.138 e. The summed E-state index contributed by atoms with van der Waals surface area (Å²) in [5.41, 5.74) is 6.33. The van der Waals surface area contributed by atoms with Gasteiger partial charge in [0.2, 0.25) is 0 Å². The van der Waals surface area contributed by atoms with Crippen LogP contribution >= 0.6 is 0 Å². The summed E-state index contributed by atoms with van der Waals surface area (Å²) < 4.78 is 15.5. The van der Waals surface area contributed by atoms with Crippen molar-refractivity contribution >= 4 is 5.65 Å². The molecule has 3 heterocycles. The molecule has 142 valence electrons. The molecule has 0 saturated heterocycles. The Hall–Kier alpha value is -3.12. The number of imidazole rings is 1. The minimum absolute atomic E-state index is 0.267. The van der Waals surface area contributed by atoms with Crippen molar-refractivity contribution in [3.05, 3.63) is 71.6 Å². The number of hydrogen-bond donors (Lipinski definition) is 0. The average molecular weight is 375 g/mol. The van der Waals surface area contributed by atoms with E-state index in [1.165, 1.54) is 17.7 Å². The number of aromatic nitrogens is 4. The lowest BCUT2D eigenvalue weighted by atomic mass is 10.1. The predicted octanol–water partition coefficient (Wildman–Crippen LogP) is 4.28. The van der Waals surface area contributed by atoms with E-state index in [0.717, 1.165) is 40.4 Å². The van der Waals surface area contributed by atoms with Gasteiger partial charge < -0.3 is 4.90 Å². The Morgan fingerprint density at radius 2 is 1.75 bits per heavy atom. The SMILES string of the molecule is Cc1ncc(C)c(-c2c(-c3ccc(F)cc3)nc3cc(CN(C)C)ccn23)n1. The van der Waals surface area contributed by atoms with Crippen LogP contribution in [0, 0.1) is 19.7 Å². The van der Waals surface area contributed by atoms with Crippen molar-refractivity contribution in [3.8, 4) is 22.6 Å². The Balaban J connectivity index is 2.00. The van der Waals surface area contributed by atoms with Crippen molar-refractivity contribution in [2.24, 2.45) is 0 Å². The lowest BCUT2D eigenvalue weighted by Crippen LogP contribution is -2.10. The minimum atomic E-state index is -0.267. The molecule has 0 fully saturated rings. The first kappa shape index (κ1) is 18.3. The zero-order valence-corrected chi connectivity index (χ0v) is 16.4. The second kappa shape index (κ2) is 7.13. The van der Waals surface area contributed by atoms with E-state index in [1.807, 2.05) is 44.7 Å². The number of halogens is 1. The Labute approximate surface area is 163 Å². The molecule has 0 aliphatic rings. The third kappa shape index (κ3) is 3.39. The van der Waals surface area contributed by atoms with Crippen LogP contribution in [0.2, 0.25) is 0 Å². The van der Waals surface area contributed by atoms with Gasteiger partial charge >= 0.3 is 0 Å². The number of fused-ring (bicyclic) bond motifs is 1. The Bertz CT molecular complexity index is 1150. The maximum absolute atomic E-state index is 13.5. The van der Waals surface area contributed by atoms with E-state index < -0.39 is 0 Å². The van der Waals surface area contributed by atoms with E-state index in [1.54, 1.807) is 12.1 Å². The average Bonchev–Trinajstić information content (AvgIpc) is 3.02. The lowest BCUT2D eigenvalue weighted by molar-refractivity contribution is 0.402. The van der Waals surface area contributed by atoms with Crippen molar-refractivity contribution in [2.75, 3.05) is 14.1 Å². The van der Waals surface area contributed by atoms with Crippen LogP contribution < -0.4 is 0 Å². The normalized spacial score (nSPS) is 11.5. The van der Waals surface area contributed by atoms with Crippen LogP contribution in [0.4, 0.5) is 4.39 Å². The fourth-order valence-corrected chi connectivity index (χ4v) is 3.36. The van der Waals surface area contributed by atoms with Crippen LogP contribution in [-0.4, -0.2) is 38.3 Å². The number of nitrogens with zero attached hydrogens (tertiary/aromatic N) is 5. The molecule has 0 radical (unpaired) electrons. The highest BCUT2D eigenvalue weighted by molar-refractivity contribution is 5.81. The van der Waals surface area contributed by atoms with Gasteiger partial charge in [0.15, 0.2) is 0 Å². The second-order valence-electron chi connectivity index (χ2n) is 7.27. The number of hydrogen-bond acceptors (Lipinski definition) is 4. The monoisotopic (exact) mass is 375 g/mol. The van der Waals surface area contributed by atoms with Crippen LogP contribution in [0.15, 0.2) is 48.8 Å². The molecule has 28 heavy (non-hydrogen) atoms. The first-order chi connectivity index (χ1) is 13.4. The molecule has 6 heteroatoms. The van der Waals surface area contributed by atoms with E-state index in [-0.39, 0.29) is 5.82 Å². The molecule has 1 aromatic carbocycles. The van der Waals surface area contributed by atoms with Gasteiger partial charge in [0.05, 0.1) is 17.1 Å². The molecule has 0 bridgehead atoms. The largest absolute Gasteiger partial charge is 0.305 e. The van der Waals surface area contributed by atoms with Crippen LogP contribution in [0.5, 0.6) is 0 Å². The number of benzene rings is 1. The second-order valence-corrected chi connectivity index (χ2v) is 7.27. The summed E-state index contributed by atoms with van der Waals surface area (Å²) in [6.45, 7) is 4.69. The highest BCUT2D eigenvalue weighted by atomic mass is 19.1. The molecule has 0 unspecified atom stereocenters. The Kier molecular flexibility index (Phi) is 4.65. The highest BCUT2D eigenvalue weighted by Crippen LogP contribution is 2.33. The van der Waals surface area contributed by atoms with Gasteiger partial charge in [-0.1, -0.05) is 0 Å². The Morgan fingerprint density at radius 1 is 1.00 bits per heavy atom. The van der Waals surface area contributed by atoms with Gasteiger partial charge in [0.1, 0.15) is 17.3 Å². The first-order valence-electron chi connectivity index (χ1n) is 9.14. The summed E-state index contributed by atoms with van der Waals surface area (Å²) in [4.78, 5) is 16.0. The van der Waals surface area contributed by atoms with E-state index in [2.05, 4.69) is 27.0 Å². The summed E-state index contributed by atoms with van der Waals surface area (Å²) in [6, 6.07) is 10.6. The molecule has 0 saturated carbocycles. The van der Waals surface area contributed by atoms with Crippen molar-refractivity contribution in [3.63, 3.8) is 0 Å². The molecule has 0 atom stereocenters. The van der Waals surface area contributed by atoms with Gasteiger partial charge in [0, 0.05) is 24.5 Å². The molecular weight excluding hydrogens is 353 g/mol. The third-order valence-corrected chi connectivity index (χ3v) is 4.62. The van der Waals surface area contributed by atoms with Gasteiger partial charge in [0.25, 0.3) is 0 Å². The zero-order chi connectivity index (χ0) is 19.8. The van der Waals surface area contributed by atoms with Crippen LogP contribution in [0.1, 0.15) is 17.0 Å². The standard InChI is InChI=1S/C22H22FN5/c1-14-12-24-15(2)25-20(14)22-21(17-5-7-18(23)8-6-17)26-19-11-16(13-27(3)4)9-10-28(19)22/h5-12H,13H2,1-4H3. The molecule has 0 spiro atoms. The summed E-state index contributed by atoms with van der Waals surface area (Å²) in [5, 5.41) is 0. The van der Waals surface area contributed by atoms with Crippen molar-refractivity contribution in [2.45, 2.75) is 20.4 Å². The van der Waals surface area contributed by atoms with E-state index in [4.69, 9.17) is 4.98 Å². The molecular formula is C22H22FN5. The highest BCUT2D eigenvalue weighted by Gasteiger charge is 2.19. The third-order valence-electron chi connectivity index (χ3n) is 4.62. The minimum Gasteiger partial charge on any atom is -0.305 e. The van der Waals surface area contributed by atoms with Crippen molar-refractivity contribution < 1.29 is 4.39 Å². The van der Waals surface area contributed by atoms with Crippen molar-refractivity contribution in [1.29, 1.82) is 0 Å². The molecule has 5 nitrogen and oxygen atoms in total. The first-order valence-corrected chi connectivity index (χ1v) is 9.14. The van der Waals surface area contributed by atoms with Gasteiger partial charge in [-0.2, -0.15) is 0 Å². The van der Waals surface area contributed by atoms with Crippen molar-refractivity contribution in [1.82, 2.24) is 24.3 Å². The molecule has 0 aliphatic carbocycles. The Morgan fingerprint density at radius 3 is 2.46 bits per heavy atom. The zero-order valence-electron chi connectivity index (χ0n) is 16.4. The summed E-state index contributed by atoms with van der Waals surface area (Å²) >= 11 is 0. The predicted molar refractivity (Wildman–Crippen MR) is 108 cm³/mol. The van der Waals surface area contributed by atoms with Gasteiger partial charge in [-0.15, -0.1) is 0 Å². The van der Waals surface area contributed by atoms with Crippen LogP contribution in [0.25, 0.3) is 28.3 Å². The molecule has 4 rings (SSSR count). The summed E-state index contributed by atoms with van der Waals surface area (Å²) in [7, 11) is 4.08. The molecule has 4 aromatic rings. The maximum Gasteiger partial charge on any atom is 0.138 e. The number of rotatable bonds is 4. The maximum atomic E-state index is 13.5. The summed E-state index contributed by atoms with van der Waals surface area (Å²) in [6.07, 6.45) is 3.85. The van der Waals surface area contributed by atoms with Crippen LogP contribution in [0.3, 0.4) is 0 Å². The van der Waals surface area contributed by atoms with Gasteiger partial charge in [-0.05, 0) is 75.5 Å². The van der Waals surface area contributed by atoms with Crippen LogP contribution in [-0.2, 0) is 6.54 Å². The van der Waals surface area contributed by atoms with Gasteiger partial charge in [-0.25, -0.2) is 19.3 Å². The lowest BCUT2D eigenvalue weighted by Gasteiger charge is -2.11. The number of aryl methyl sites for hydroxylation is 2. The number of pyridine rings is 1. The topological polar surface area (TPSA) is 46.3 Å². The van der Waals surface area contributed by atoms with E-state index in [9.17, 15) is 4.39 Å². The molecule has 0 amide bonds. The molecule has 3 aromatic heterocycles. The molecule has 0 aliphatic heterocycles. The molecule has 0 N–H and O–H groups in total. The van der Waals surface area contributed by atoms with Gasteiger partial charge in [-0.3, -0.25) is 4.40 Å². The van der Waals surface area contributed by atoms with E-state index >= 15 is 0 Å². The summed E-state index contributed by atoms with van der Waals surface area (Å²) in [5.74, 6) is 0.432.